The average Bonchev–Trinajstić information content (AvgIpc) is 2.20. The van der Waals surface area contributed by atoms with Crippen LogP contribution in [0.5, 0.6) is 0 Å². The third-order valence-electron chi connectivity index (χ3n) is 2.78. The van der Waals surface area contributed by atoms with E-state index in [1.165, 1.54) is 44.6 Å². The Morgan fingerprint density at radius 2 is 2.00 bits per heavy atom. The summed E-state index contributed by atoms with van der Waals surface area (Å²) in [5.41, 5.74) is 0. The average molecular weight is 216 g/mol. The quantitative estimate of drug-likeness (QED) is 0.682. The van der Waals surface area contributed by atoms with E-state index >= 15 is 0 Å². The fourth-order valence-electron chi connectivity index (χ4n) is 2.00. The molecule has 84 valence electrons. The Morgan fingerprint density at radius 3 is 2.64 bits per heavy atom. The largest absolute Gasteiger partial charge is 0.312 e. The molecule has 1 unspecified atom stereocenters. The van der Waals surface area contributed by atoms with Crippen LogP contribution in [-0.4, -0.2) is 49.1 Å². The molecule has 0 aromatic heterocycles. The van der Waals surface area contributed by atoms with Crippen molar-refractivity contribution in [2.24, 2.45) is 0 Å². The third-order valence-corrected chi connectivity index (χ3v) is 3.39. The molecule has 1 aliphatic heterocycles. The van der Waals surface area contributed by atoms with Crippen molar-refractivity contribution in [3.63, 3.8) is 0 Å². The summed E-state index contributed by atoms with van der Waals surface area (Å²) >= 11 is 1.91. The fourth-order valence-corrected chi connectivity index (χ4v) is 2.32. The van der Waals surface area contributed by atoms with Gasteiger partial charge in [-0.2, -0.15) is 11.8 Å². The van der Waals surface area contributed by atoms with E-state index < -0.39 is 0 Å². The normalized spacial score (nSPS) is 21.0. The van der Waals surface area contributed by atoms with Gasteiger partial charge in [0.1, 0.15) is 0 Å². The zero-order valence-corrected chi connectivity index (χ0v) is 10.4. The summed E-state index contributed by atoms with van der Waals surface area (Å²) in [7, 11) is 0. The maximum absolute atomic E-state index is 3.57. The molecule has 2 nitrogen and oxygen atoms in total. The maximum atomic E-state index is 3.57. The summed E-state index contributed by atoms with van der Waals surface area (Å²) in [5.74, 6) is 1.23. The number of nitrogens with zero attached hydrogens (tertiary/aromatic N) is 1. The van der Waals surface area contributed by atoms with Crippen LogP contribution in [0.3, 0.4) is 0 Å². The van der Waals surface area contributed by atoms with Gasteiger partial charge in [-0.25, -0.2) is 0 Å². The highest BCUT2D eigenvalue weighted by molar-refractivity contribution is 7.98. The van der Waals surface area contributed by atoms with Crippen molar-refractivity contribution >= 4 is 11.8 Å². The van der Waals surface area contributed by atoms with Crippen LogP contribution in [-0.2, 0) is 0 Å². The number of hydrogen-bond acceptors (Lipinski definition) is 3. The van der Waals surface area contributed by atoms with E-state index in [2.05, 4.69) is 23.4 Å². The van der Waals surface area contributed by atoms with Gasteiger partial charge in [0.15, 0.2) is 0 Å². The summed E-state index contributed by atoms with van der Waals surface area (Å²) in [4.78, 5) is 2.60. The van der Waals surface area contributed by atoms with Gasteiger partial charge in [-0.1, -0.05) is 6.42 Å². The monoisotopic (exact) mass is 216 g/mol. The molecule has 0 aliphatic carbocycles. The van der Waals surface area contributed by atoms with E-state index in [1.807, 2.05) is 11.8 Å². The first-order chi connectivity index (χ1) is 6.83. The molecule has 0 amide bonds. The number of piperidine rings is 1. The summed E-state index contributed by atoms with van der Waals surface area (Å²) in [6.45, 7) is 7.31. The summed E-state index contributed by atoms with van der Waals surface area (Å²) in [5, 5.41) is 3.57. The SMILES string of the molecule is CSCCNC(C)CN1CCCCC1. The predicted octanol–water partition coefficient (Wildman–Crippen LogP) is 1.81. The van der Waals surface area contributed by atoms with Crippen LogP contribution in [0, 0.1) is 0 Å². The Labute approximate surface area is 92.8 Å². The molecule has 1 aliphatic rings. The Hall–Kier alpha value is 0.270. The van der Waals surface area contributed by atoms with Crippen LogP contribution in [0.4, 0.5) is 0 Å². The van der Waals surface area contributed by atoms with Crippen molar-refractivity contribution in [2.75, 3.05) is 38.2 Å². The first-order valence-corrected chi connectivity index (χ1v) is 7.17. The lowest BCUT2D eigenvalue weighted by molar-refractivity contribution is 0.210. The molecule has 14 heavy (non-hydrogen) atoms. The van der Waals surface area contributed by atoms with Gasteiger partial charge in [0.25, 0.3) is 0 Å². The molecule has 0 spiro atoms. The summed E-state index contributed by atoms with van der Waals surface area (Å²) < 4.78 is 0. The van der Waals surface area contributed by atoms with Crippen LogP contribution in [0.15, 0.2) is 0 Å². The van der Waals surface area contributed by atoms with Crippen LogP contribution in [0.25, 0.3) is 0 Å². The highest BCUT2D eigenvalue weighted by atomic mass is 32.2. The van der Waals surface area contributed by atoms with Crippen molar-refractivity contribution in [1.29, 1.82) is 0 Å². The molecule has 0 saturated carbocycles. The zero-order chi connectivity index (χ0) is 10.2. The number of nitrogens with one attached hydrogen (secondary N) is 1. The number of thioether (sulfide) groups is 1. The number of hydrogen-bond donors (Lipinski definition) is 1. The van der Waals surface area contributed by atoms with Crippen molar-refractivity contribution in [3.05, 3.63) is 0 Å². The van der Waals surface area contributed by atoms with Crippen molar-refractivity contribution in [3.8, 4) is 0 Å². The molecule has 3 heteroatoms. The second kappa shape index (κ2) is 7.55. The van der Waals surface area contributed by atoms with Gasteiger partial charge >= 0.3 is 0 Å². The molecule has 1 saturated heterocycles. The van der Waals surface area contributed by atoms with E-state index in [9.17, 15) is 0 Å². The first kappa shape index (κ1) is 12.3. The fraction of sp³-hybridized carbons (Fsp3) is 1.00. The van der Waals surface area contributed by atoms with E-state index in [4.69, 9.17) is 0 Å². The van der Waals surface area contributed by atoms with E-state index in [1.54, 1.807) is 0 Å². The molecule has 0 bridgehead atoms. The predicted molar refractivity (Wildman–Crippen MR) is 66.1 cm³/mol. The smallest absolute Gasteiger partial charge is 0.0167 e. The highest BCUT2D eigenvalue weighted by Crippen LogP contribution is 2.08. The first-order valence-electron chi connectivity index (χ1n) is 5.77. The van der Waals surface area contributed by atoms with E-state index in [0.29, 0.717) is 6.04 Å². The molecule has 1 N–H and O–H groups in total. The van der Waals surface area contributed by atoms with Crippen LogP contribution >= 0.6 is 11.8 Å². The second-order valence-corrected chi connectivity index (χ2v) is 5.19. The van der Waals surface area contributed by atoms with Gasteiger partial charge in [-0.05, 0) is 39.1 Å². The highest BCUT2D eigenvalue weighted by Gasteiger charge is 2.12. The summed E-state index contributed by atoms with van der Waals surface area (Å²) in [6.07, 6.45) is 6.40. The molecule has 1 fully saturated rings. The van der Waals surface area contributed by atoms with Gasteiger partial charge in [0, 0.05) is 24.9 Å². The van der Waals surface area contributed by atoms with Crippen molar-refractivity contribution in [1.82, 2.24) is 10.2 Å². The van der Waals surface area contributed by atoms with Crippen molar-refractivity contribution < 1.29 is 0 Å². The minimum absolute atomic E-state index is 0.653. The lowest BCUT2D eigenvalue weighted by atomic mass is 10.1. The van der Waals surface area contributed by atoms with Gasteiger partial charge in [0.05, 0.1) is 0 Å². The van der Waals surface area contributed by atoms with Crippen molar-refractivity contribution in [2.45, 2.75) is 32.2 Å². The van der Waals surface area contributed by atoms with Gasteiger partial charge in [0.2, 0.25) is 0 Å². The minimum Gasteiger partial charge on any atom is -0.312 e. The molecular formula is C11H24N2S. The Bertz CT molecular complexity index is 135. The zero-order valence-electron chi connectivity index (χ0n) is 9.59. The van der Waals surface area contributed by atoms with E-state index in [-0.39, 0.29) is 0 Å². The number of likely N-dealkylation sites (tertiary alicyclic amines) is 1. The van der Waals surface area contributed by atoms with Gasteiger partial charge < -0.3 is 10.2 Å². The molecule has 0 radical (unpaired) electrons. The van der Waals surface area contributed by atoms with Gasteiger partial charge in [-0.3, -0.25) is 0 Å². The lowest BCUT2D eigenvalue weighted by Crippen LogP contribution is -2.42. The maximum Gasteiger partial charge on any atom is 0.0167 e. The molecule has 1 atom stereocenters. The number of rotatable bonds is 6. The van der Waals surface area contributed by atoms with Crippen LogP contribution in [0.2, 0.25) is 0 Å². The minimum atomic E-state index is 0.653. The molecule has 1 heterocycles. The summed E-state index contributed by atoms with van der Waals surface area (Å²) in [6, 6.07) is 0.653. The molecule has 0 aromatic carbocycles. The van der Waals surface area contributed by atoms with E-state index in [0.717, 1.165) is 6.54 Å². The standard InChI is InChI=1S/C11H24N2S/c1-11(12-6-9-14-2)10-13-7-4-3-5-8-13/h11-12H,3-10H2,1-2H3. The molecular weight excluding hydrogens is 192 g/mol. The lowest BCUT2D eigenvalue weighted by Gasteiger charge is -2.29. The van der Waals surface area contributed by atoms with Crippen LogP contribution in [0.1, 0.15) is 26.2 Å². The molecule has 1 rings (SSSR count). The van der Waals surface area contributed by atoms with Gasteiger partial charge in [-0.15, -0.1) is 0 Å². The Kier molecular flexibility index (Phi) is 6.65. The second-order valence-electron chi connectivity index (χ2n) is 4.21. The topological polar surface area (TPSA) is 15.3 Å². The third kappa shape index (κ3) is 5.23. The van der Waals surface area contributed by atoms with Crippen LogP contribution < -0.4 is 5.32 Å². The Morgan fingerprint density at radius 1 is 1.29 bits per heavy atom. The molecule has 0 aromatic rings. The Balaban J connectivity index is 2.03.